The van der Waals surface area contributed by atoms with Crippen LogP contribution in [0, 0.1) is 0 Å². The third-order valence-corrected chi connectivity index (χ3v) is 16.9. The lowest BCUT2D eigenvalue weighted by Crippen LogP contribution is -2.69. The summed E-state index contributed by atoms with van der Waals surface area (Å²) in [7, 11) is -11.9. The first-order chi connectivity index (χ1) is 45.8. The van der Waals surface area contributed by atoms with E-state index < -0.39 is 274 Å². The van der Waals surface area contributed by atoms with Crippen LogP contribution in [-0.4, -0.2) is 301 Å². The predicted molar refractivity (Wildman–Crippen MR) is 314 cm³/mol. The van der Waals surface area contributed by atoms with E-state index >= 15 is 0 Å². The van der Waals surface area contributed by atoms with Gasteiger partial charge in [0.1, 0.15) is 85.3 Å². The minimum atomic E-state index is -6.11. The Morgan fingerprint density at radius 3 is 1.57 bits per heavy atom. The number of aliphatic carboxylic acids is 2. The zero-order valence-corrected chi connectivity index (χ0v) is 56.0. The minimum absolute atomic E-state index is 0.00468. The highest BCUT2D eigenvalue weighted by Gasteiger charge is 2.62. The third kappa shape index (κ3) is 24.5. The molecule has 0 aromatic heterocycles. The normalized spacial score (nSPS) is 32.6. The van der Waals surface area contributed by atoms with Gasteiger partial charge in [0.05, 0.1) is 76.5 Å². The van der Waals surface area contributed by atoms with Gasteiger partial charge in [-0.25, -0.2) is 18.7 Å². The molecule has 0 spiro atoms. The van der Waals surface area contributed by atoms with Crippen molar-refractivity contribution >= 4 is 63.3 Å². The molecule has 0 radical (unpaired) electrons. The summed E-state index contributed by atoms with van der Waals surface area (Å²) in [6, 6.07) is -4.41. The molecule has 0 aromatic rings. The van der Waals surface area contributed by atoms with Crippen molar-refractivity contribution < 1.29 is 189 Å². The molecule has 2 amide bonds. The fourth-order valence-corrected chi connectivity index (χ4v) is 11.7. The topological polar surface area (TPSA) is 638 Å². The number of rotatable bonds is 39. The lowest BCUT2D eigenvalue weighted by atomic mass is 9.90. The quantitative estimate of drug-likeness (QED) is 0.0155. The average molecular weight is 1470 g/mol. The molecule has 4 rings (SSSR count). The number of hydrogen-bond acceptors (Lipinski definition) is 33. The summed E-state index contributed by atoms with van der Waals surface area (Å²) in [5.74, 6) is -18.0. The Bertz CT molecular complexity index is 2730. The molecule has 0 unspecified atom stereocenters. The van der Waals surface area contributed by atoms with Crippen molar-refractivity contribution in [1.29, 1.82) is 0 Å². The summed E-state index contributed by atoms with van der Waals surface area (Å²) in [6.45, 7) is 3.34. The van der Waals surface area contributed by atoms with Crippen LogP contribution in [0.3, 0.4) is 0 Å². The Labute approximate surface area is 559 Å². The number of amides is 2. The van der Waals surface area contributed by atoms with Crippen molar-refractivity contribution in [2.45, 2.75) is 271 Å². The standard InChI is InChI=1S/C55H92N2O39P2/c1-7-13-27(87-37(68)12-6)16-35(66)57-41-49(91-39(70)17-26(10-4)86-36(67)11-5)47(95-97(78,79)80)33(23-85-54(52(74)75)19-31(43(72)46(93-54)30(64)21-59)92-55(53(76)77)18-28(62)42(71)45(94-55)29(63)20-58)89-50(41)84-22-32-44(73)48(90-38(69)15-25(61)9-3)40(51(88-32)96-98(81,82)83)56-34(65)14-24(60)8-2/h24-33,40-51,58-64,71-73H,7-23H2,1-6H3,(H,56,65)(H,57,66)(H,74,75)(H,76,77)(H2,78,79,80)(H2,81,82,83)/t24-,25-,26-,27-,28-,29-,30-,31-,32-,33-,40-,41-,42+,43+,44-,45-,46-,47-,48-,49-,50-,51-,54-,55-/m1/s1. The van der Waals surface area contributed by atoms with Crippen LogP contribution >= 0.6 is 15.6 Å². The zero-order chi connectivity index (χ0) is 73.9. The van der Waals surface area contributed by atoms with Crippen LogP contribution in [0.5, 0.6) is 0 Å². The highest BCUT2D eigenvalue weighted by molar-refractivity contribution is 7.46. The summed E-state index contributed by atoms with van der Waals surface area (Å²) in [5.41, 5.74) is 0. The summed E-state index contributed by atoms with van der Waals surface area (Å²) >= 11 is 0. The summed E-state index contributed by atoms with van der Waals surface area (Å²) in [5, 5.41) is 133. The maximum absolute atomic E-state index is 14.5. The first-order valence-electron chi connectivity index (χ1n) is 31.3. The molecule has 0 bridgehead atoms. The number of hydrogen-bond donors (Lipinski definition) is 18. The van der Waals surface area contributed by atoms with Crippen LogP contribution in [0.4, 0.5) is 0 Å². The Balaban J connectivity index is 2.02. The van der Waals surface area contributed by atoms with Gasteiger partial charge < -0.3 is 144 Å². The lowest BCUT2D eigenvalue weighted by Gasteiger charge is -2.50. The second kappa shape index (κ2) is 38.5. The van der Waals surface area contributed by atoms with Gasteiger partial charge in [-0.05, 0) is 25.7 Å². The van der Waals surface area contributed by atoms with Crippen molar-refractivity contribution in [3.8, 4) is 0 Å². The molecule has 98 heavy (non-hydrogen) atoms. The smallest absolute Gasteiger partial charge is 0.472 e. The molecule has 18 N–H and O–H groups in total. The van der Waals surface area contributed by atoms with Crippen molar-refractivity contribution in [2.75, 3.05) is 26.4 Å². The van der Waals surface area contributed by atoms with E-state index in [1.165, 1.54) is 34.6 Å². The number of aliphatic hydroxyl groups excluding tert-OH is 10. The zero-order valence-electron chi connectivity index (χ0n) is 54.2. The third-order valence-electron chi connectivity index (χ3n) is 15.9. The molecule has 4 aliphatic heterocycles. The minimum Gasteiger partial charge on any atom is -0.477 e. The first-order valence-corrected chi connectivity index (χ1v) is 34.4. The van der Waals surface area contributed by atoms with Gasteiger partial charge in [0.2, 0.25) is 11.8 Å². The molecular weight excluding hydrogens is 1370 g/mol. The van der Waals surface area contributed by atoms with E-state index in [4.69, 9.17) is 61.2 Å². The molecule has 0 aliphatic carbocycles. The number of phosphoric ester groups is 2. The van der Waals surface area contributed by atoms with E-state index in [9.17, 15) is 128 Å². The van der Waals surface area contributed by atoms with Crippen LogP contribution in [0.1, 0.15) is 125 Å². The van der Waals surface area contributed by atoms with Crippen molar-refractivity contribution in [2.24, 2.45) is 0 Å². The molecule has 4 aliphatic rings. The Kier molecular flexibility index (Phi) is 33.7. The second-order valence-electron chi connectivity index (χ2n) is 23.4. The number of carbonyl (C=O) groups excluding carboxylic acids is 6. The number of aliphatic hydroxyl groups is 10. The summed E-state index contributed by atoms with van der Waals surface area (Å²) in [6.07, 6.45) is -49.5. The largest absolute Gasteiger partial charge is 0.477 e. The number of nitrogens with one attached hydrogen (secondary N) is 2. The molecular formula is C55H92N2O39P2. The summed E-state index contributed by atoms with van der Waals surface area (Å²) < 4.78 is 98.8. The van der Waals surface area contributed by atoms with E-state index in [1.807, 2.05) is 0 Å². The first kappa shape index (κ1) is 85.7. The number of carboxylic acids is 2. The second-order valence-corrected chi connectivity index (χ2v) is 25.8. The highest BCUT2D eigenvalue weighted by atomic mass is 31.2. The van der Waals surface area contributed by atoms with Crippen molar-refractivity contribution in [3.05, 3.63) is 0 Å². The highest BCUT2D eigenvalue weighted by Crippen LogP contribution is 2.46. The van der Waals surface area contributed by atoms with Gasteiger partial charge in [0, 0.05) is 25.7 Å². The van der Waals surface area contributed by atoms with Gasteiger partial charge in [0.25, 0.3) is 11.6 Å². The fraction of sp³-hybridized carbons (Fsp3) is 0.855. The van der Waals surface area contributed by atoms with Crippen molar-refractivity contribution in [1.82, 2.24) is 10.6 Å². The SMILES string of the molecule is CCC[C@H](CC(=O)N[C@H]1[C@H](OC[C@H]2O[C@H](OP(=O)(O)O)[C@H](NC(=O)C[C@H](O)CC)[C@@H](OC(=O)C[C@H](O)CC)[C@@H]2O)O[C@H](CO[C@]2(C(=O)O)C[C@@H](O[C@]3(C(=O)O)C[C@@H](O)[C@H](O)[C@@H]([C@H](O)CO)O3)[C@H](O)[C@@H]([C@H](O)CO)O2)[C@@H](OP(=O)(O)O)[C@@H]1OC(=O)C[C@@H](CC)OC(=O)CC)OC(=O)CC. The van der Waals surface area contributed by atoms with Crippen LogP contribution in [0.2, 0.25) is 0 Å². The van der Waals surface area contributed by atoms with Gasteiger partial charge in [-0.15, -0.1) is 0 Å². The molecule has 43 heteroatoms. The van der Waals surface area contributed by atoms with Crippen molar-refractivity contribution in [3.63, 3.8) is 0 Å². The number of ether oxygens (including phenoxy) is 11. The van der Waals surface area contributed by atoms with Crippen LogP contribution in [-0.2, 0) is 109 Å². The van der Waals surface area contributed by atoms with Gasteiger partial charge in [-0.1, -0.05) is 48.0 Å². The maximum atomic E-state index is 14.5. The Morgan fingerprint density at radius 2 is 1.05 bits per heavy atom. The number of esters is 4. The van der Waals surface area contributed by atoms with E-state index in [0.29, 0.717) is 0 Å². The molecule has 0 saturated carbocycles. The van der Waals surface area contributed by atoms with Gasteiger partial charge >= 0.3 is 51.5 Å². The number of carbonyl (C=O) groups is 8. The molecule has 4 heterocycles. The molecule has 24 atom stereocenters. The van der Waals surface area contributed by atoms with Gasteiger partial charge in [-0.3, -0.25) is 37.8 Å². The Morgan fingerprint density at radius 1 is 0.551 bits per heavy atom. The lowest BCUT2D eigenvalue weighted by molar-refractivity contribution is -0.378. The van der Waals surface area contributed by atoms with E-state index in [1.54, 1.807) is 6.92 Å². The van der Waals surface area contributed by atoms with E-state index in [0.717, 1.165) is 0 Å². The number of phosphoric acid groups is 2. The number of carboxylic acid groups (broad SMARTS) is 2. The monoisotopic (exact) mass is 1470 g/mol. The molecule has 41 nitrogen and oxygen atoms in total. The van der Waals surface area contributed by atoms with Crippen LogP contribution in [0.25, 0.3) is 0 Å². The van der Waals surface area contributed by atoms with Crippen LogP contribution < -0.4 is 10.6 Å². The Hall–Kier alpha value is -4.70. The fourth-order valence-electron chi connectivity index (χ4n) is 10.7. The van der Waals surface area contributed by atoms with Gasteiger partial charge in [0.15, 0.2) is 24.8 Å². The molecule has 566 valence electrons. The predicted octanol–water partition coefficient (Wildman–Crippen LogP) is -5.52. The van der Waals surface area contributed by atoms with E-state index in [-0.39, 0.29) is 44.9 Å². The maximum Gasteiger partial charge on any atom is 0.472 e. The molecule has 0 aromatic carbocycles. The van der Waals surface area contributed by atoms with Crippen LogP contribution in [0.15, 0.2) is 0 Å². The molecule has 4 fully saturated rings. The van der Waals surface area contributed by atoms with Gasteiger partial charge in [-0.2, -0.15) is 0 Å². The van der Waals surface area contributed by atoms with E-state index in [2.05, 4.69) is 10.6 Å². The summed E-state index contributed by atoms with van der Waals surface area (Å²) in [4.78, 5) is 149. The molecule has 4 saturated heterocycles. The average Bonchev–Trinajstić information content (AvgIpc) is 0.759.